The molecule has 3 N–H and O–H groups in total. The van der Waals surface area contributed by atoms with E-state index in [1.165, 1.54) is 18.5 Å². The molecular weight excluding hydrogens is 539 g/mol. The molecule has 0 spiro atoms. The summed E-state index contributed by atoms with van der Waals surface area (Å²) < 4.78 is 32.3. The zero-order valence-corrected chi connectivity index (χ0v) is 19.6. The van der Waals surface area contributed by atoms with Crippen molar-refractivity contribution in [2.24, 2.45) is 7.05 Å². The summed E-state index contributed by atoms with van der Waals surface area (Å²) in [6.07, 6.45) is 3.30. The molecule has 0 unspecified atom stereocenters. The number of fused-ring (bicyclic) bond motifs is 2. The zero-order chi connectivity index (χ0) is 23.1. The molecular formula is C24H18F2IN5O. The highest BCUT2D eigenvalue weighted by molar-refractivity contribution is 14.1. The second-order valence-corrected chi connectivity index (χ2v) is 8.87. The summed E-state index contributed by atoms with van der Waals surface area (Å²) in [5, 5.41) is 6.63. The van der Waals surface area contributed by atoms with Crippen LogP contribution in [0.5, 0.6) is 0 Å². The van der Waals surface area contributed by atoms with Gasteiger partial charge in [-0.1, -0.05) is 12.1 Å². The third-order valence-corrected chi connectivity index (χ3v) is 6.19. The molecule has 0 bridgehead atoms. The smallest absolute Gasteiger partial charge is 0.253 e. The predicted octanol–water partition coefficient (Wildman–Crippen LogP) is 5.61. The number of nitrogens with one attached hydrogen (secondary N) is 3. The average Bonchev–Trinajstić information content (AvgIpc) is 3.42. The van der Waals surface area contributed by atoms with E-state index in [1.54, 1.807) is 23.7 Å². The second kappa shape index (κ2) is 8.47. The first kappa shape index (κ1) is 21.4. The standard InChI is InChI=1S/C24H18F2IN5O/c1-32-12-30-23-20(32)10-16(22(21(23)26)31-19-6-5-14(27)9-17(19)25)24(33)29-11-13-3-2-4-18-15(13)7-8-28-18/h2-10,12,28,31H,11H2,1H3,(H,29,33). The number of H-pyrrole nitrogens is 1. The number of halogens is 3. The van der Waals surface area contributed by atoms with Crippen molar-refractivity contribution in [2.45, 2.75) is 6.54 Å². The Bertz CT molecular complexity index is 1520. The van der Waals surface area contributed by atoms with E-state index >= 15 is 4.39 Å². The number of anilines is 2. The molecule has 2 heterocycles. The quantitative estimate of drug-likeness (QED) is 0.246. The first-order valence-corrected chi connectivity index (χ1v) is 11.2. The molecule has 166 valence electrons. The number of imidazole rings is 1. The van der Waals surface area contributed by atoms with E-state index in [1.807, 2.05) is 53.1 Å². The molecule has 0 saturated heterocycles. The van der Waals surface area contributed by atoms with Crippen LogP contribution in [0.15, 0.2) is 61.1 Å². The van der Waals surface area contributed by atoms with Gasteiger partial charge in [-0.15, -0.1) is 0 Å². The van der Waals surface area contributed by atoms with Crippen LogP contribution in [0.1, 0.15) is 15.9 Å². The number of aryl methyl sites for hydroxylation is 1. The maximum Gasteiger partial charge on any atom is 0.253 e. The maximum absolute atomic E-state index is 15.5. The number of rotatable bonds is 5. The topological polar surface area (TPSA) is 74.7 Å². The lowest BCUT2D eigenvalue weighted by molar-refractivity contribution is 0.0951. The van der Waals surface area contributed by atoms with Gasteiger partial charge in [0, 0.05) is 34.3 Å². The molecule has 9 heteroatoms. The Labute approximate surface area is 201 Å². The molecule has 2 aromatic heterocycles. The van der Waals surface area contributed by atoms with Gasteiger partial charge in [-0.3, -0.25) is 4.79 Å². The van der Waals surface area contributed by atoms with E-state index in [0.717, 1.165) is 16.5 Å². The van der Waals surface area contributed by atoms with Crippen molar-refractivity contribution in [3.63, 3.8) is 0 Å². The van der Waals surface area contributed by atoms with E-state index in [0.29, 0.717) is 9.09 Å². The summed E-state index contributed by atoms with van der Waals surface area (Å²) in [4.78, 5) is 20.5. The van der Waals surface area contributed by atoms with E-state index in [9.17, 15) is 9.18 Å². The minimum Gasteiger partial charge on any atom is -0.361 e. The summed E-state index contributed by atoms with van der Waals surface area (Å²) in [7, 11) is 1.72. The van der Waals surface area contributed by atoms with Gasteiger partial charge in [0.1, 0.15) is 11.3 Å². The summed E-state index contributed by atoms with van der Waals surface area (Å²) in [6.45, 7) is 0.246. The molecule has 0 aliphatic heterocycles. The van der Waals surface area contributed by atoms with Crippen LogP contribution in [0.2, 0.25) is 0 Å². The summed E-state index contributed by atoms with van der Waals surface area (Å²) in [5.41, 5.74) is 2.43. The number of benzene rings is 3. The van der Waals surface area contributed by atoms with Crippen molar-refractivity contribution in [1.82, 2.24) is 19.9 Å². The van der Waals surface area contributed by atoms with Crippen LogP contribution in [0, 0.1) is 15.2 Å². The second-order valence-electron chi connectivity index (χ2n) is 7.62. The minimum absolute atomic E-state index is 0.0581. The lowest BCUT2D eigenvalue weighted by Gasteiger charge is -2.15. The zero-order valence-electron chi connectivity index (χ0n) is 17.4. The number of aromatic amines is 1. The summed E-state index contributed by atoms with van der Waals surface area (Å²) in [6, 6.07) is 13.8. The maximum atomic E-state index is 15.5. The molecule has 0 aliphatic carbocycles. The number of hydrogen-bond acceptors (Lipinski definition) is 3. The van der Waals surface area contributed by atoms with Gasteiger partial charge in [0.25, 0.3) is 5.91 Å². The van der Waals surface area contributed by atoms with Gasteiger partial charge in [0.15, 0.2) is 5.82 Å². The SMILES string of the molecule is Cn1cnc2c(F)c(Nc3ccc(I)cc3F)c(C(=O)NCc3cccc4[nH]ccc34)cc21. The molecule has 5 rings (SSSR count). The Kier molecular flexibility index (Phi) is 5.49. The highest BCUT2D eigenvalue weighted by atomic mass is 127. The van der Waals surface area contributed by atoms with Gasteiger partial charge in [-0.2, -0.15) is 0 Å². The van der Waals surface area contributed by atoms with Crippen molar-refractivity contribution < 1.29 is 13.6 Å². The molecule has 5 aromatic rings. The highest BCUT2D eigenvalue weighted by Gasteiger charge is 2.22. The van der Waals surface area contributed by atoms with Crippen molar-refractivity contribution in [3.8, 4) is 0 Å². The fourth-order valence-electron chi connectivity index (χ4n) is 3.83. The Morgan fingerprint density at radius 3 is 2.85 bits per heavy atom. The van der Waals surface area contributed by atoms with Crippen LogP contribution >= 0.6 is 22.6 Å². The Hall–Kier alpha value is -3.47. The molecule has 0 aliphatic rings. The number of amides is 1. The number of nitrogens with zero attached hydrogens (tertiary/aromatic N) is 2. The molecule has 33 heavy (non-hydrogen) atoms. The van der Waals surface area contributed by atoms with Gasteiger partial charge in [0.05, 0.1) is 28.8 Å². The number of aromatic nitrogens is 3. The van der Waals surface area contributed by atoms with Crippen molar-refractivity contribution in [1.29, 1.82) is 0 Å². The fourth-order valence-corrected chi connectivity index (χ4v) is 4.28. The monoisotopic (exact) mass is 557 g/mol. The molecule has 1 amide bonds. The molecule has 0 saturated carbocycles. The average molecular weight is 557 g/mol. The first-order chi connectivity index (χ1) is 15.9. The van der Waals surface area contributed by atoms with E-state index in [4.69, 9.17) is 0 Å². The van der Waals surface area contributed by atoms with Crippen molar-refractivity contribution >= 4 is 61.8 Å². The molecule has 0 fully saturated rings. The minimum atomic E-state index is -0.719. The van der Waals surface area contributed by atoms with Gasteiger partial charge in [0.2, 0.25) is 0 Å². The van der Waals surface area contributed by atoms with E-state index in [2.05, 4.69) is 20.6 Å². The van der Waals surface area contributed by atoms with Gasteiger partial charge >= 0.3 is 0 Å². The van der Waals surface area contributed by atoms with Crippen LogP contribution in [0.25, 0.3) is 21.9 Å². The summed E-state index contributed by atoms with van der Waals surface area (Å²) in [5.74, 6) is -1.75. The third kappa shape index (κ3) is 3.92. The van der Waals surface area contributed by atoms with Crippen LogP contribution in [-0.2, 0) is 13.6 Å². The predicted molar refractivity (Wildman–Crippen MR) is 133 cm³/mol. The number of carbonyl (C=O) groups is 1. The van der Waals surface area contributed by atoms with Crippen LogP contribution < -0.4 is 10.6 Å². The lowest BCUT2D eigenvalue weighted by atomic mass is 10.1. The molecule has 6 nitrogen and oxygen atoms in total. The molecule has 0 atom stereocenters. The van der Waals surface area contributed by atoms with Crippen LogP contribution in [0.4, 0.5) is 20.2 Å². The van der Waals surface area contributed by atoms with Crippen molar-refractivity contribution in [3.05, 3.63) is 87.4 Å². The van der Waals surface area contributed by atoms with Crippen molar-refractivity contribution in [2.75, 3.05) is 5.32 Å². The third-order valence-electron chi connectivity index (χ3n) is 5.52. The van der Waals surface area contributed by atoms with E-state index < -0.39 is 17.5 Å². The van der Waals surface area contributed by atoms with Gasteiger partial charge < -0.3 is 20.2 Å². The van der Waals surface area contributed by atoms with Gasteiger partial charge in [-0.05, 0) is 64.6 Å². The number of carbonyl (C=O) groups excluding carboxylic acids is 1. The number of hydrogen-bond donors (Lipinski definition) is 3. The first-order valence-electron chi connectivity index (χ1n) is 10.1. The molecule has 0 radical (unpaired) electrons. The Morgan fingerprint density at radius 1 is 1.18 bits per heavy atom. The van der Waals surface area contributed by atoms with E-state index in [-0.39, 0.29) is 29.0 Å². The van der Waals surface area contributed by atoms with Gasteiger partial charge in [-0.25, -0.2) is 13.8 Å². The Morgan fingerprint density at radius 2 is 2.03 bits per heavy atom. The highest BCUT2D eigenvalue weighted by Crippen LogP contribution is 2.32. The summed E-state index contributed by atoms with van der Waals surface area (Å²) >= 11 is 1.99. The lowest BCUT2D eigenvalue weighted by Crippen LogP contribution is -2.24. The fraction of sp³-hybridized carbons (Fsp3) is 0.0833. The molecule has 3 aromatic carbocycles. The normalized spacial score (nSPS) is 11.3. The Balaban J connectivity index is 1.54. The van der Waals surface area contributed by atoms with Crippen LogP contribution in [0.3, 0.4) is 0 Å². The van der Waals surface area contributed by atoms with Crippen LogP contribution in [-0.4, -0.2) is 20.4 Å². The largest absolute Gasteiger partial charge is 0.361 e.